The molecule has 0 atom stereocenters. The number of aromatic nitrogens is 1. The lowest BCUT2D eigenvalue weighted by Gasteiger charge is -2.15. The Labute approximate surface area is 113 Å². The Hall–Kier alpha value is -1.97. The lowest BCUT2D eigenvalue weighted by Crippen LogP contribution is -1.97. The van der Waals surface area contributed by atoms with Gasteiger partial charge in [0.15, 0.2) is 5.76 Å². The minimum absolute atomic E-state index is 0.203. The standard InChI is InChI=1S/C15H20N2O2/c1-8(2)11-7-12(9(3)6-13(11)18-5)14-10(4)17-15(16)19-14/h6-8H,1-5H3,(H2,16,17). The number of nitrogen functional groups attached to an aromatic ring is 1. The monoisotopic (exact) mass is 260 g/mol. The van der Waals surface area contributed by atoms with E-state index in [4.69, 9.17) is 14.9 Å². The van der Waals surface area contributed by atoms with E-state index in [1.807, 2.05) is 19.9 Å². The molecule has 0 spiro atoms. The summed E-state index contributed by atoms with van der Waals surface area (Å²) in [7, 11) is 1.69. The Morgan fingerprint density at radius 3 is 2.42 bits per heavy atom. The lowest BCUT2D eigenvalue weighted by atomic mass is 9.95. The molecule has 0 radical (unpaired) electrons. The van der Waals surface area contributed by atoms with Crippen LogP contribution in [0.25, 0.3) is 11.3 Å². The predicted octanol–water partition coefficient (Wildman–Crippen LogP) is 3.67. The molecule has 2 aromatic rings. The van der Waals surface area contributed by atoms with E-state index >= 15 is 0 Å². The van der Waals surface area contributed by atoms with Gasteiger partial charge in [-0.05, 0) is 43.0 Å². The molecule has 0 aliphatic rings. The van der Waals surface area contributed by atoms with Crippen LogP contribution in [-0.4, -0.2) is 12.1 Å². The normalized spacial score (nSPS) is 11.1. The zero-order valence-corrected chi connectivity index (χ0v) is 12.1. The third kappa shape index (κ3) is 2.43. The fraction of sp³-hybridized carbons (Fsp3) is 0.400. The molecule has 0 unspecified atom stereocenters. The number of aryl methyl sites for hydroxylation is 2. The number of nitrogens with two attached hydrogens (primary N) is 1. The summed E-state index contributed by atoms with van der Waals surface area (Å²) >= 11 is 0. The highest BCUT2D eigenvalue weighted by Crippen LogP contribution is 2.36. The molecule has 102 valence electrons. The Balaban J connectivity index is 2.64. The molecule has 1 heterocycles. The van der Waals surface area contributed by atoms with E-state index in [2.05, 4.69) is 24.9 Å². The highest BCUT2D eigenvalue weighted by atomic mass is 16.5. The second-order valence-corrected chi connectivity index (χ2v) is 5.03. The Bertz CT molecular complexity index is 600. The van der Waals surface area contributed by atoms with Crippen molar-refractivity contribution in [2.24, 2.45) is 0 Å². The molecule has 0 saturated carbocycles. The van der Waals surface area contributed by atoms with Crippen LogP contribution in [0.15, 0.2) is 16.5 Å². The average molecular weight is 260 g/mol. The maximum absolute atomic E-state index is 5.62. The molecule has 0 fully saturated rings. The van der Waals surface area contributed by atoms with Crippen LogP contribution in [0.4, 0.5) is 6.01 Å². The maximum atomic E-state index is 5.62. The van der Waals surface area contributed by atoms with E-state index in [-0.39, 0.29) is 6.01 Å². The van der Waals surface area contributed by atoms with Gasteiger partial charge in [0.2, 0.25) is 0 Å². The number of hydrogen-bond donors (Lipinski definition) is 1. The summed E-state index contributed by atoms with van der Waals surface area (Å²) in [4.78, 5) is 4.13. The Morgan fingerprint density at radius 1 is 1.26 bits per heavy atom. The summed E-state index contributed by atoms with van der Waals surface area (Å²) in [5.41, 5.74) is 9.68. The molecule has 1 aromatic heterocycles. The first-order valence-electron chi connectivity index (χ1n) is 6.35. The third-order valence-corrected chi connectivity index (χ3v) is 3.26. The average Bonchev–Trinajstić information content (AvgIpc) is 2.67. The first-order chi connectivity index (χ1) is 8.93. The number of oxazole rings is 1. The highest BCUT2D eigenvalue weighted by Gasteiger charge is 2.17. The number of nitrogens with zero attached hydrogens (tertiary/aromatic N) is 1. The second-order valence-electron chi connectivity index (χ2n) is 5.03. The Kier molecular flexibility index (Phi) is 3.51. The molecule has 0 bridgehead atoms. The number of methoxy groups -OCH3 is 1. The molecule has 4 nitrogen and oxygen atoms in total. The van der Waals surface area contributed by atoms with Gasteiger partial charge in [-0.2, -0.15) is 4.98 Å². The summed E-state index contributed by atoms with van der Waals surface area (Å²) in [6.07, 6.45) is 0. The molecule has 0 saturated heterocycles. The van der Waals surface area contributed by atoms with Crippen LogP contribution in [0.3, 0.4) is 0 Å². The molecule has 19 heavy (non-hydrogen) atoms. The molecule has 0 aliphatic heterocycles. The summed E-state index contributed by atoms with van der Waals surface area (Å²) in [5, 5.41) is 0. The van der Waals surface area contributed by atoms with Gasteiger partial charge in [-0.1, -0.05) is 13.8 Å². The number of benzene rings is 1. The molecule has 1 aromatic carbocycles. The van der Waals surface area contributed by atoms with Crippen molar-refractivity contribution in [3.8, 4) is 17.1 Å². The second kappa shape index (κ2) is 4.96. The first-order valence-corrected chi connectivity index (χ1v) is 6.35. The zero-order valence-electron chi connectivity index (χ0n) is 12.1. The van der Waals surface area contributed by atoms with Crippen LogP contribution in [0, 0.1) is 13.8 Å². The highest BCUT2D eigenvalue weighted by molar-refractivity contribution is 5.68. The zero-order chi connectivity index (χ0) is 14.2. The van der Waals surface area contributed by atoms with Gasteiger partial charge in [-0.15, -0.1) is 0 Å². The Morgan fingerprint density at radius 2 is 1.95 bits per heavy atom. The molecule has 0 aliphatic carbocycles. The van der Waals surface area contributed by atoms with Crippen molar-refractivity contribution in [2.45, 2.75) is 33.6 Å². The maximum Gasteiger partial charge on any atom is 0.292 e. The van der Waals surface area contributed by atoms with Crippen molar-refractivity contribution < 1.29 is 9.15 Å². The smallest absolute Gasteiger partial charge is 0.292 e. The van der Waals surface area contributed by atoms with Crippen molar-refractivity contribution in [2.75, 3.05) is 12.8 Å². The molecule has 2 N–H and O–H groups in total. The van der Waals surface area contributed by atoms with Crippen molar-refractivity contribution in [3.05, 3.63) is 29.0 Å². The number of anilines is 1. The van der Waals surface area contributed by atoms with Gasteiger partial charge in [0.1, 0.15) is 5.75 Å². The van der Waals surface area contributed by atoms with Gasteiger partial charge >= 0.3 is 0 Å². The minimum Gasteiger partial charge on any atom is -0.496 e. The minimum atomic E-state index is 0.203. The van der Waals surface area contributed by atoms with E-state index in [0.717, 1.165) is 33.9 Å². The van der Waals surface area contributed by atoms with Crippen molar-refractivity contribution in [1.29, 1.82) is 0 Å². The van der Waals surface area contributed by atoms with Gasteiger partial charge in [0.05, 0.1) is 12.8 Å². The van der Waals surface area contributed by atoms with Crippen LogP contribution in [0.2, 0.25) is 0 Å². The van der Waals surface area contributed by atoms with Crippen LogP contribution in [0.1, 0.15) is 36.6 Å². The predicted molar refractivity (Wildman–Crippen MR) is 76.5 cm³/mol. The van der Waals surface area contributed by atoms with E-state index in [1.54, 1.807) is 7.11 Å². The quantitative estimate of drug-likeness (QED) is 0.914. The van der Waals surface area contributed by atoms with Gasteiger partial charge in [-0.3, -0.25) is 0 Å². The van der Waals surface area contributed by atoms with Crippen LogP contribution < -0.4 is 10.5 Å². The fourth-order valence-corrected chi connectivity index (χ4v) is 2.24. The van der Waals surface area contributed by atoms with Gasteiger partial charge in [-0.25, -0.2) is 0 Å². The van der Waals surface area contributed by atoms with E-state index < -0.39 is 0 Å². The molecule has 0 amide bonds. The number of ether oxygens (including phenoxy) is 1. The fourth-order valence-electron chi connectivity index (χ4n) is 2.24. The molecule has 4 heteroatoms. The largest absolute Gasteiger partial charge is 0.496 e. The number of rotatable bonds is 3. The SMILES string of the molecule is COc1cc(C)c(-c2oc(N)nc2C)cc1C(C)C. The summed E-state index contributed by atoms with van der Waals surface area (Å²) in [6, 6.07) is 4.34. The van der Waals surface area contributed by atoms with E-state index in [9.17, 15) is 0 Å². The molecular weight excluding hydrogens is 240 g/mol. The summed E-state index contributed by atoms with van der Waals surface area (Å²) in [5.74, 6) is 2.01. The third-order valence-electron chi connectivity index (χ3n) is 3.26. The van der Waals surface area contributed by atoms with Crippen LogP contribution >= 0.6 is 0 Å². The summed E-state index contributed by atoms with van der Waals surface area (Å²) in [6.45, 7) is 8.20. The van der Waals surface area contributed by atoms with Crippen LogP contribution in [0.5, 0.6) is 5.75 Å². The first kappa shape index (κ1) is 13.5. The van der Waals surface area contributed by atoms with Crippen molar-refractivity contribution in [1.82, 2.24) is 4.98 Å². The van der Waals surface area contributed by atoms with Gasteiger partial charge in [0, 0.05) is 5.56 Å². The van der Waals surface area contributed by atoms with Crippen molar-refractivity contribution >= 4 is 6.01 Å². The summed E-state index contributed by atoms with van der Waals surface area (Å²) < 4.78 is 11.0. The van der Waals surface area contributed by atoms with Gasteiger partial charge < -0.3 is 14.9 Å². The lowest BCUT2D eigenvalue weighted by molar-refractivity contribution is 0.407. The topological polar surface area (TPSA) is 61.3 Å². The van der Waals surface area contributed by atoms with Crippen LogP contribution in [-0.2, 0) is 0 Å². The van der Waals surface area contributed by atoms with Crippen molar-refractivity contribution in [3.63, 3.8) is 0 Å². The van der Waals surface area contributed by atoms with E-state index in [0.29, 0.717) is 5.92 Å². The molecule has 2 rings (SSSR count). The molecular formula is C15H20N2O2. The van der Waals surface area contributed by atoms with Gasteiger partial charge in [0.25, 0.3) is 6.01 Å². The number of hydrogen-bond acceptors (Lipinski definition) is 4. The van der Waals surface area contributed by atoms with E-state index in [1.165, 1.54) is 0 Å².